The van der Waals surface area contributed by atoms with Crippen LogP contribution in [0.25, 0.3) is 28.1 Å². The molecule has 2 aromatic carbocycles. The Morgan fingerprint density at radius 1 is 1.00 bits per heavy atom. The number of benzene rings is 2. The lowest BCUT2D eigenvalue weighted by Gasteiger charge is -2.08. The molecule has 4 rings (SSSR count). The lowest BCUT2D eigenvalue weighted by atomic mass is 10.2. The van der Waals surface area contributed by atoms with Crippen LogP contribution in [0.2, 0.25) is 0 Å². The fourth-order valence-electron chi connectivity index (χ4n) is 2.57. The van der Waals surface area contributed by atoms with E-state index in [-0.39, 0.29) is 5.69 Å². The van der Waals surface area contributed by atoms with Crippen molar-refractivity contribution in [3.05, 3.63) is 60.7 Å². The molecule has 0 N–H and O–H groups in total. The van der Waals surface area contributed by atoms with E-state index >= 15 is 0 Å². The molecule has 0 spiro atoms. The predicted molar refractivity (Wildman–Crippen MR) is 81.0 cm³/mol. The molecule has 114 valence electrons. The third-order valence-corrected chi connectivity index (χ3v) is 3.68. The van der Waals surface area contributed by atoms with Crippen molar-refractivity contribution >= 4 is 11.0 Å². The van der Waals surface area contributed by atoms with Crippen molar-refractivity contribution in [3.63, 3.8) is 0 Å². The number of para-hydroxylation sites is 1. The van der Waals surface area contributed by atoms with E-state index in [4.69, 9.17) is 0 Å². The van der Waals surface area contributed by atoms with Crippen LogP contribution >= 0.6 is 0 Å². The highest BCUT2D eigenvalue weighted by atomic mass is 19.1. The monoisotopic (exact) mass is 311 g/mol. The average Bonchev–Trinajstić information content (AvgIpc) is 3.14. The SMILES string of the molecule is Cn1cnc2cc(-c3ncnn3-c3c(F)cccc3F)ccc21. The van der Waals surface area contributed by atoms with Crippen molar-refractivity contribution in [3.8, 4) is 17.1 Å². The number of hydrogen-bond donors (Lipinski definition) is 0. The fraction of sp³-hybridized carbons (Fsp3) is 0.0625. The first-order valence-electron chi connectivity index (χ1n) is 6.91. The lowest BCUT2D eigenvalue weighted by molar-refractivity contribution is 0.561. The summed E-state index contributed by atoms with van der Waals surface area (Å²) < 4.78 is 31.1. The van der Waals surface area contributed by atoms with Gasteiger partial charge in [0.1, 0.15) is 12.0 Å². The molecule has 23 heavy (non-hydrogen) atoms. The number of hydrogen-bond acceptors (Lipinski definition) is 3. The Morgan fingerprint density at radius 2 is 1.78 bits per heavy atom. The van der Waals surface area contributed by atoms with Crippen LogP contribution in [-0.2, 0) is 7.05 Å². The largest absolute Gasteiger partial charge is 0.334 e. The third kappa shape index (κ3) is 2.09. The number of aryl methyl sites for hydroxylation is 1. The summed E-state index contributed by atoms with van der Waals surface area (Å²) in [7, 11) is 1.90. The van der Waals surface area contributed by atoms with E-state index < -0.39 is 11.6 Å². The molecule has 0 saturated carbocycles. The van der Waals surface area contributed by atoms with E-state index in [1.807, 2.05) is 29.8 Å². The van der Waals surface area contributed by atoms with Gasteiger partial charge in [-0.1, -0.05) is 6.07 Å². The zero-order valence-electron chi connectivity index (χ0n) is 12.1. The number of fused-ring (bicyclic) bond motifs is 1. The van der Waals surface area contributed by atoms with Crippen molar-refractivity contribution in [1.29, 1.82) is 0 Å². The molecule has 0 aliphatic heterocycles. The molecule has 0 aliphatic carbocycles. The van der Waals surface area contributed by atoms with Crippen LogP contribution in [0.1, 0.15) is 0 Å². The van der Waals surface area contributed by atoms with Gasteiger partial charge in [0.2, 0.25) is 0 Å². The Hall–Kier alpha value is -3.09. The molecule has 0 amide bonds. The zero-order valence-corrected chi connectivity index (χ0v) is 12.1. The minimum Gasteiger partial charge on any atom is -0.334 e. The Morgan fingerprint density at radius 3 is 2.57 bits per heavy atom. The second kappa shape index (κ2) is 4.98. The second-order valence-electron chi connectivity index (χ2n) is 5.12. The molecule has 2 heterocycles. The van der Waals surface area contributed by atoms with Crippen molar-refractivity contribution < 1.29 is 8.78 Å². The summed E-state index contributed by atoms with van der Waals surface area (Å²) in [4.78, 5) is 8.43. The molecular weight excluding hydrogens is 300 g/mol. The molecule has 0 fully saturated rings. The number of halogens is 2. The highest BCUT2D eigenvalue weighted by molar-refractivity contribution is 5.80. The molecule has 7 heteroatoms. The van der Waals surface area contributed by atoms with Crippen LogP contribution < -0.4 is 0 Å². The minimum atomic E-state index is -0.698. The highest BCUT2D eigenvalue weighted by Crippen LogP contribution is 2.26. The second-order valence-corrected chi connectivity index (χ2v) is 5.12. The van der Waals surface area contributed by atoms with Gasteiger partial charge >= 0.3 is 0 Å². The van der Waals surface area contributed by atoms with Crippen LogP contribution in [0, 0.1) is 11.6 Å². The maximum atomic E-state index is 14.0. The highest BCUT2D eigenvalue weighted by Gasteiger charge is 2.17. The van der Waals surface area contributed by atoms with E-state index in [1.54, 1.807) is 6.33 Å². The van der Waals surface area contributed by atoms with E-state index in [2.05, 4.69) is 15.1 Å². The quantitative estimate of drug-likeness (QED) is 0.571. The normalized spacial score (nSPS) is 11.3. The molecule has 0 aliphatic rings. The molecular formula is C16H11F2N5. The smallest absolute Gasteiger partial charge is 0.163 e. The average molecular weight is 311 g/mol. The van der Waals surface area contributed by atoms with E-state index in [0.29, 0.717) is 11.4 Å². The standard InChI is InChI=1S/C16H11F2N5/c1-22-9-20-13-7-10(5-6-14(13)22)16-19-8-21-23(16)15-11(17)3-2-4-12(15)18/h2-9H,1H3. The van der Waals surface area contributed by atoms with Crippen molar-refractivity contribution in [2.24, 2.45) is 7.05 Å². The van der Waals surface area contributed by atoms with Gasteiger partial charge in [-0.15, -0.1) is 0 Å². The van der Waals surface area contributed by atoms with Crippen LogP contribution in [0.4, 0.5) is 8.78 Å². The third-order valence-electron chi connectivity index (χ3n) is 3.68. The summed E-state index contributed by atoms with van der Waals surface area (Å²) in [6.45, 7) is 0. The van der Waals surface area contributed by atoms with Gasteiger partial charge < -0.3 is 4.57 Å². The fourth-order valence-corrected chi connectivity index (χ4v) is 2.57. The van der Waals surface area contributed by atoms with Crippen LogP contribution in [0.15, 0.2) is 49.1 Å². The first kappa shape index (κ1) is 13.6. The Labute approximate surface area is 129 Å². The number of imidazole rings is 1. The zero-order chi connectivity index (χ0) is 16.0. The maximum Gasteiger partial charge on any atom is 0.163 e. The van der Waals surface area contributed by atoms with E-state index in [1.165, 1.54) is 24.5 Å². The molecule has 4 aromatic rings. The van der Waals surface area contributed by atoms with E-state index in [0.717, 1.165) is 15.7 Å². The van der Waals surface area contributed by atoms with Crippen molar-refractivity contribution in [2.75, 3.05) is 0 Å². The molecule has 0 saturated heterocycles. The Balaban J connectivity index is 1.92. The Bertz CT molecular complexity index is 998. The van der Waals surface area contributed by atoms with Gasteiger partial charge in [-0.3, -0.25) is 0 Å². The minimum absolute atomic E-state index is 0.249. The molecule has 0 bridgehead atoms. The first-order chi connectivity index (χ1) is 11.1. The summed E-state index contributed by atoms with van der Waals surface area (Å²) in [5, 5.41) is 3.97. The van der Waals surface area contributed by atoms with Gasteiger partial charge in [-0.05, 0) is 30.3 Å². The summed E-state index contributed by atoms with van der Waals surface area (Å²) in [5.41, 5.74) is 2.16. The van der Waals surface area contributed by atoms with Crippen LogP contribution in [-0.4, -0.2) is 24.3 Å². The summed E-state index contributed by atoms with van der Waals surface area (Å²) in [5.74, 6) is -1.05. The predicted octanol–water partition coefficient (Wildman–Crippen LogP) is 3.10. The maximum absolute atomic E-state index is 14.0. The molecule has 0 atom stereocenters. The summed E-state index contributed by atoms with van der Waals surface area (Å²) in [6, 6.07) is 9.20. The lowest BCUT2D eigenvalue weighted by Crippen LogP contribution is -2.05. The Kier molecular flexibility index (Phi) is 2.94. The van der Waals surface area contributed by atoms with Crippen molar-refractivity contribution in [1.82, 2.24) is 24.3 Å². The molecule has 0 radical (unpaired) electrons. The number of aromatic nitrogens is 5. The molecule has 5 nitrogen and oxygen atoms in total. The van der Waals surface area contributed by atoms with Gasteiger partial charge in [0, 0.05) is 12.6 Å². The number of rotatable bonds is 2. The molecule has 0 unspecified atom stereocenters. The van der Waals surface area contributed by atoms with Gasteiger partial charge in [0.15, 0.2) is 17.5 Å². The van der Waals surface area contributed by atoms with Crippen LogP contribution in [0.3, 0.4) is 0 Å². The summed E-state index contributed by atoms with van der Waals surface area (Å²) in [6.07, 6.45) is 2.97. The first-order valence-corrected chi connectivity index (χ1v) is 6.91. The van der Waals surface area contributed by atoms with Gasteiger partial charge in [0.25, 0.3) is 0 Å². The van der Waals surface area contributed by atoms with Gasteiger partial charge in [-0.2, -0.15) is 5.10 Å². The molecule has 2 aromatic heterocycles. The van der Waals surface area contributed by atoms with Crippen LogP contribution in [0.5, 0.6) is 0 Å². The summed E-state index contributed by atoms with van der Waals surface area (Å²) >= 11 is 0. The van der Waals surface area contributed by atoms with E-state index in [9.17, 15) is 8.78 Å². The topological polar surface area (TPSA) is 48.5 Å². The van der Waals surface area contributed by atoms with Gasteiger partial charge in [0.05, 0.1) is 17.4 Å². The van der Waals surface area contributed by atoms with Gasteiger partial charge in [-0.25, -0.2) is 23.4 Å². The number of nitrogens with zero attached hydrogens (tertiary/aromatic N) is 5. The van der Waals surface area contributed by atoms with Crippen molar-refractivity contribution in [2.45, 2.75) is 0 Å².